The van der Waals surface area contributed by atoms with Crippen molar-refractivity contribution in [2.24, 2.45) is 5.92 Å². The maximum absolute atomic E-state index is 13.1. The molecule has 0 bridgehead atoms. The van der Waals surface area contributed by atoms with Crippen molar-refractivity contribution < 1.29 is 4.79 Å². The summed E-state index contributed by atoms with van der Waals surface area (Å²) in [6.45, 7) is 4.16. The summed E-state index contributed by atoms with van der Waals surface area (Å²) in [6.07, 6.45) is 5.97. The number of piperidine rings is 1. The molecule has 1 aromatic carbocycles. The fourth-order valence-corrected chi connectivity index (χ4v) is 4.94. The Hall–Kier alpha value is -3.39. The van der Waals surface area contributed by atoms with Crippen molar-refractivity contribution in [3.8, 4) is 0 Å². The number of nitrogens with zero attached hydrogens (tertiary/aromatic N) is 4. The van der Waals surface area contributed by atoms with E-state index in [9.17, 15) is 9.59 Å². The molecule has 4 heterocycles. The quantitative estimate of drug-likeness (QED) is 0.442. The first-order valence-electron chi connectivity index (χ1n) is 11.7. The maximum Gasteiger partial charge on any atom is 0.295 e. The Morgan fingerprint density at radius 2 is 2.21 bits per heavy atom. The number of aryl methyl sites for hydroxylation is 1. The Bertz CT molecular complexity index is 1410. The molecule has 3 aromatic heterocycles. The molecule has 34 heavy (non-hydrogen) atoms. The van der Waals surface area contributed by atoms with Crippen LogP contribution in [0.25, 0.3) is 22.1 Å². The maximum atomic E-state index is 13.1. The molecule has 1 aliphatic rings. The summed E-state index contributed by atoms with van der Waals surface area (Å²) in [5.41, 5.74) is 3.27. The van der Waals surface area contributed by atoms with Gasteiger partial charge in [-0.1, -0.05) is 11.6 Å². The lowest BCUT2D eigenvalue weighted by atomic mass is 9.97. The van der Waals surface area contributed by atoms with E-state index < -0.39 is 0 Å². The van der Waals surface area contributed by atoms with Crippen LogP contribution in [-0.4, -0.2) is 45.1 Å². The van der Waals surface area contributed by atoms with Crippen molar-refractivity contribution in [1.29, 1.82) is 0 Å². The highest BCUT2D eigenvalue weighted by molar-refractivity contribution is 6.31. The van der Waals surface area contributed by atoms with Crippen LogP contribution in [-0.2, 0) is 17.8 Å². The minimum atomic E-state index is -0.188. The van der Waals surface area contributed by atoms with Gasteiger partial charge in [0.15, 0.2) is 11.5 Å². The van der Waals surface area contributed by atoms with Crippen LogP contribution in [0.5, 0.6) is 0 Å². The van der Waals surface area contributed by atoms with E-state index in [0.717, 1.165) is 29.3 Å². The topological polar surface area (TPSA) is 95.9 Å². The van der Waals surface area contributed by atoms with Gasteiger partial charge in [0.1, 0.15) is 5.52 Å². The molecule has 1 amide bonds. The molecular weight excluding hydrogens is 452 g/mol. The Morgan fingerprint density at radius 3 is 3.06 bits per heavy atom. The number of anilines is 1. The van der Waals surface area contributed by atoms with Crippen LogP contribution in [0, 0.1) is 5.92 Å². The lowest BCUT2D eigenvalue weighted by Crippen LogP contribution is -2.46. The number of fused-ring (bicyclic) bond motifs is 2. The van der Waals surface area contributed by atoms with Crippen LogP contribution in [0.15, 0.2) is 47.5 Å². The van der Waals surface area contributed by atoms with Crippen LogP contribution in [0.4, 0.5) is 5.82 Å². The van der Waals surface area contributed by atoms with Gasteiger partial charge in [0.25, 0.3) is 5.56 Å². The number of halogens is 1. The summed E-state index contributed by atoms with van der Waals surface area (Å²) in [5, 5.41) is 4.86. The van der Waals surface area contributed by atoms with Crippen molar-refractivity contribution in [1.82, 2.24) is 24.8 Å². The monoisotopic (exact) mass is 478 g/mol. The second-order valence-electron chi connectivity index (χ2n) is 8.66. The van der Waals surface area contributed by atoms with E-state index in [1.807, 2.05) is 48.4 Å². The fraction of sp³-hybridized carbons (Fsp3) is 0.360. The molecule has 5 rings (SSSR count). The van der Waals surface area contributed by atoms with Gasteiger partial charge < -0.3 is 15.2 Å². The summed E-state index contributed by atoms with van der Waals surface area (Å²) in [5.74, 6) is 0.225. The van der Waals surface area contributed by atoms with Crippen LogP contribution < -0.4 is 15.8 Å². The second-order valence-corrected chi connectivity index (χ2v) is 9.10. The second kappa shape index (κ2) is 9.46. The third-order valence-electron chi connectivity index (χ3n) is 6.52. The Labute approximate surface area is 202 Å². The number of hydrogen-bond acceptors (Lipinski definition) is 5. The van der Waals surface area contributed by atoms with E-state index in [-0.39, 0.29) is 17.4 Å². The molecular formula is C25H27ClN6O2. The predicted octanol–water partition coefficient (Wildman–Crippen LogP) is 3.52. The van der Waals surface area contributed by atoms with E-state index in [4.69, 9.17) is 11.6 Å². The zero-order chi connectivity index (χ0) is 23.7. The zero-order valence-corrected chi connectivity index (χ0v) is 19.8. The minimum Gasteiger partial charge on any atom is -0.361 e. The number of rotatable bonds is 6. The lowest BCUT2D eigenvalue weighted by Gasteiger charge is -2.32. The zero-order valence-electron chi connectivity index (χ0n) is 19.1. The molecule has 4 aromatic rings. The van der Waals surface area contributed by atoms with E-state index >= 15 is 0 Å². The third kappa shape index (κ3) is 4.25. The van der Waals surface area contributed by atoms with Crippen molar-refractivity contribution >= 4 is 45.4 Å². The van der Waals surface area contributed by atoms with Crippen LogP contribution in [0.1, 0.15) is 25.3 Å². The fourth-order valence-electron chi connectivity index (χ4n) is 4.77. The largest absolute Gasteiger partial charge is 0.361 e. The number of carbonyl (C=O) groups is 1. The highest BCUT2D eigenvalue weighted by Gasteiger charge is 2.28. The number of amides is 1. The minimum absolute atomic E-state index is 0.0147. The molecule has 1 saturated heterocycles. The van der Waals surface area contributed by atoms with Gasteiger partial charge in [-0.15, -0.1) is 0 Å². The third-order valence-corrected chi connectivity index (χ3v) is 6.75. The molecule has 1 fully saturated rings. The van der Waals surface area contributed by atoms with Gasteiger partial charge in [-0.3, -0.25) is 14.2 Å². The number of hydrogen-bond donors (Lipinski definition) is 2. The number of benzene rings is 1. The van der Waals surface area contributed by atoms with Crippen molar-refractivity contribution in [3.63, 3.8) is 0 Å². The van der Waals surface area contributed by atoms with Gasteiger partial charge in [0, 0.05) is 54.5 Å². The van der Waals surface area contributed by atoms with E-state index in [1.165, 1.54) is 0 Å². The van der Waals surface area contributed by atoms with E-state index in [0.29, 0.717) is 54.6 Å². The highest BCUT2D eigenvalue weighted by atomic mass is 35.5. The van der Waals surface area contributed by atoms with Crippen molar-refractivity contribution in [2.75, 3.05) is 24.5 Å². The smallest absolute Gasteiger partial charge is 0.295 e. The number of H-pyrrole nitrogens is 1. The van der Waals surface area contributed by atoms with E-state index in [2.05, 4.69) is 20.3 Å². The summed E-state index contributed by atoms with van der Waals surface area (Å²) in [6, 6.07) is 9.44. The van der Waals surface area contributed by atoms with Crippen LogP contribution >= 0.6 is 11.6 Å². The van der Waals surface area contributed by atoms with Crippen LogP contribution in [0.3, 0.4) is 0 Å². The summed E-state index contributed by atoms with van der Waals surface area (Å²) in [7, 11) is 0. The Morgan fingerprint density at radius 1 is 1.32 bits per heavy atom. The molecule has 1 atom stereocenters. The number of aromatic amines is 1. The number of carbonyl (C=O) groups excluding carboxylic acids is 1. The van der Waals surface area contributed by atoms with Gasteiger partial charge in [-0.05, 0) is 62.1 Å². The highest BCUT2D eigenvalue weighted by Crippen LogP contribution is 2.23. The van der Waals surface area contributed by atoms with E-state index in [1.54, 1.807) is 10.8 Å². The molecule has 8 nitrogen and oxygen atoms in total. The first-order chi connectivity index (χ1) is 16.5. The predicted molar refractivity (Wildman–Crippen MR) is 134 cm³/mol. The van der Waals surface area contributed by atoms with Gasteiger partial charge in [0.2, 0.25) is 5.91 Å². The molecule has 1 aliphatic heterocycles. The molecule has 0 radical (unpaired) electrons. The summed E-state index contributed by atoms with van der Waals surface area (Å²) < 4.78 is 1.65. The number of pyridine rings is 1. The molecule has 0 saturated carbocycles. The first kappa shape index (κ1) is 22.4. The average molecular weight is 479 g/mol. The summed E-state index contributed by atoms with van der Waals surface area (Å²) in [4.78, 5) is 40.2. The molecule has 0 spiro atoms. The number of nitrogens with one attached hydrogen (secondary N) is 2. The Kier molecular flexibility index (Phi) is 6.24. The molecule has 0 aliphatic carbocycles. The normalized spacial score (nSPS) is 16.3. The molecule has 2 N–H and O–H groups in total. The standard InChI is InChI=1S/C25H27ClN6O2/c1-2-32-22-21(6-3-10-27-22)30-23(25(32)34)31-12-4-5-17(15-31)24(33)28-11-9-16-14-29-20-8-7-18(26)13-19(16)20/h3,6-8,10,13-14,17,29H,2,4-5,9,11-12,15H2,1H3,(H,28,33)/t17-/m0/s1. The van der Waals surface area contributed by atoms with Crippen molar-refractivity contribution in [2.45, 2.75) is 32.7 Å². The summed E-state index contributed by atoms with van der Waals surface area (Å²) >= 11 is 6.14. The van der Waals surface area contributed by atoms with Gasteiger partial charge >= 0.3 is 0 Å². The molecule has 176 valence electrons. The Balaban J connectivity index is 1.27. The van der Waals surface area contributed by atoms with Crippen LogP contribution in [0.2, 0.25) is 5.02 Å². The average Bonchev–Trinajstić information content (AvgIpc) is 3.25. The van der Waals surface area contributed by atoms with Gasteiger partial charge in [-0.25, -0.2) is 9.97 Å². The molecule has 0 unspecified atom stereocenters. The first-order valence-corrected chi connectivity index (χ1v) is 12.1. The van der Waals surface area contributed by atoms with Gasteiger partial charge in [-0.2, -0.15) is 0 Å². The SMILES string of the molecule is CCn1c(=O)c(N2CCC[C@H](C(=O)NCCc3c[nH]c4ccc(Cl)cc34)C2)nc2cccnc21. The van der Waals surface area contributed by atoms with Crippen molar-refractivity contribution in [3.05, 3.63) is 63.7 Å². The number of aromatic nitrogens is 4. The van der Waals surface area contributed by atoms with Gasteiger partial charge in [0.05, 0.1) is 5.92 Å². The lowest BCUT2D eigenvalue weighted by molar-refractivity contribution is -0.125. The molecule has 9 heteroatoms.